The van der Waals surface area contributed by atoms with Gasteiger partial charge in [-0.15, -0.1) is 0 Å². The van der Waals surface area contributed by atoms with Crippen LogP contribution in [0.5, 0.6) is 0 Å². The average Bonchev–Trinajstić information content (AvgIpc) is 2.60. The lowest BCUT2D eigenvalue weighted by atomic mass is 10.1. The smallest absolute Gasteiger partial charge is 0.337 e. The molecule has 2 amide bonds. The first kappa shape index (κ1) is 17.1. The monoisotopic (exact) mass is 322 g/mol. The van der Waals surface area contributed by atoms with E-state index in [-0.39, 0.29) is 6.03 Å². The normalized spacial score (nSPS) is 9.42. The maximum Gasteiger partial charge on any atom is 0.337 e. The molecule has 2 N–H and O–H groups in total. The van der Waals surface area contributed by atoms with Gasteiger partial charge in [0.25, 0.3) is 0 Å². The fraction of sp³-hybridized carbons (Fsp3) is 0.158. The van der Waals surface area contributed by atoms with E-state index in [0.717, 1.165) is 5.56 Å². The molecule has 122 valence electrons. The SMILES string of the molecule is CCNC(=O)Nc1cccc(C#Cc2cccc(C(=O)OC)c2)c1. The zero-order valence-corrected chi connectivity index (χ0v) is 13.6. The van der Waals surface area contributed by atoms with Crippen LogP contribution < -0.4 is 10.6 Å². The van der Waals surface area contributed by atoms with Crippen molar-refractivity contribution < 1.29 is 14.3 Å². The summed E-state index contributed by atoms with van der Waals surface area (Å²) in [5.74, 6) is 5.62. The maximum absolute atomic E-state index is 11.5. The highest BCUT2D eigenvalue weighted by molar-refractivity contribution is 5.90. The van der Waals surface area contributed by atoms with E-state index < -0.39 is 5.97 Å². The minimum atomic E-state index is -0.396. The highest BCUT2D eigenvalue weighted by atomic mass is 16.5. The molecular weight excluding hydrogens is 304 g/mol. The van der Waals surface area contributed by atoms with Crippen LogP contribution in [0.1, 0.15) is 28.4 Å². The molecule has 0 saturated heterocycles. The molecule has 0 unspecified atom stereocenters. The van der Waals surface area contributed by atoms with Crippen LogP contribution in [0.25, 0.3) is 0 Å². The van der Waals surface area contributed by atoms with E-state index in [9.17, 15) is 9.59 Å². The van der Waals surface area contributed by atoms with Crippen molar-refractivity contribution >= 4 is 17.7 Å². The molecule has 5 heteroatoms. The predicted octanol–water partition coefficient (Wildman–Crippen LogP) is 3.01. The Balaban J connectivity index is 2.16. The van der Waals surface area contributed by atoms with Crippen molar-refractivity contribution in [1.82, 2.24) is 5.32 Å². The zero-order valence-electron chi connectivity index (χ0n) is 13.6. The predicted molar refractivity (Wildman–Crippen MR) is 92.9 cm³/mol. The number of hydrogen-bond donors (Lipinski definition) is 2. The van der Waals surface area contributed by atoms with Gasteiger partial charge >= 0.3 is 12.0 Å². The van der Waals surface area contributed by atoms with E-state index in [0.29, 0.717) is 23.4 Å². The Hall–Kier alpha value is -3.26. The van der Waals surface area contributed by atoms with E-state index in [4.69, 9.17) is 4.74 Å². The van der Waals surface area contributed by atoms with Crippen LogP contribution in [0.3, 0.4) is 0 Å². The van der Waals surface area contributed by atoms with Crippen molar-refractivity contribution in [3.05, 3.63) is 65.2 Å². The van der Waals surface area contributed by atoms with E-state index in [1.165, 1.54) is 7.11 Å². The highest BCUT2D eigenvalue weighted by Gasteiger charge is 2.04. The molecule has 0 aliphatic carbocycles. The van der Waals surface area contributed by atoms with Crippen molar-refractivity contribution in [2.75, 3.05) is 19.0 Å². The lowest BCUT2D eigenvalue weighted by Crippen LogP contribution is -2.28. The Bertz CT molecular complexity index is 803. The lowest BCUT2D eigenvalue weighted by molar-refractivity contribution is 0.0600. The zero-order chi connectivity index (χ0) is 17.4. The number of hydrogen-bond acceptors (Lipinski definition) is 3. The summed E-state index contributed by atoms with van der Waals surface area (Å²) in [6, 6.07) is 13.9. The van der Waals surface area contributed by atoms with Gasteiger partial charge in [0.1, 0.15) is 0 Å². The van der Waals surface area contributed by atoms with Gasteiger partial charge in [-0.1, -0.05) is 24.0 Å². The quantitative estimate of drug-likeness (QED) is 0.674. The second kappa shape index (κ2) is 8.39. The Morgan fingerprint density at radius 2 is 1.71 bits per heavy atom. The summed E-state index contributed by atoms with van der Waals surface area (Å²) in [5.41, 5.74) is 2.58. The summed E-state index contributed by atoms with van der Waals surface area (Å²) < 4.78 is 4.69. The third kappa shape index (κ3) is 4.89. The summed E-state index contributed by atoms with van der Waals surface area (Å²) in [6.07, 6.45) is 0. The molecule has 0 saturated carbocycles. The van der Waals surface area contributed by atoms with E-state index in [1.807, 2.05) is 25.1 Å². The number of urea groups is 1. The van der Waals surface area contributed by atoms with Gasteiger partial charge in [-0.3, -0.25) is 0 Å². The van der Waals surface area contributed by atoms with Crippen LogP contribution in [0.15, 0.2) is 48.5 Å². The number of ether oxygens (including phenoxy) is 1. The number of nitrogens with one attached hydrogen (secondary N) is 2. The van der Waals surface area contributed by atoms with Crippen LogP contribution >= 0.6 is 0 Å². The van der Waals surface area contributed by atoms with Crippen LogP contribution in [-0.2, 0) is 4.74 Å². The number of methoxy groups -OCH3 is 1. The minimum Gasteiger partial charge on any atom is -0.465 e. The number of esters is 1. The lowest BCUT2D eigenvalue weighted by Gasteiger charge is -2.05. The number of anilines is 1. The summed E-state index contributed by atoms with van der Waals surface area (Å²) in [4.78, 5) is 23.1. The molecule has 0 radical (unpaired) electrons. The minimum absolute atomic E-state index is 0.256. The molecule has 2 rings (SSSR count). The molecule has 0 aliphatic heterocycles. The van der Waals surface area contributed by atoms with Crippen LogP contribution in [-0.4, -0.2) is 25.7 Å². The Kier molecular flexibility index (Phi) is 5.98. The van der Waals surface area contributed by atoms with Crippen LogP contribution in [0.4, 0.5) is 10.5 Å². The largest absolute Gasteiger partial charge is 0.465 e. The number of carbonyl (C=O) groups excluding carboxylic acids is 2. The van der Waals surface area contributed by atoms with Gasteiger partial charge < -0.3 is 15.4 Å². The molecule has 0 aliphatic rings. The van der Waals surface area contributed by atoms with Gasteiger partial charge in [0.15, 0.2) is 0 Å². The second-order valence-electron chi connectivity index (χ2n) is 4.89. The maximum atomic E-state index is 11.5. The first-order valence-corrected chi connectivity index (χ1v) is 7.47. The molecule has 0 bridgehead atoms. The highest BCUT2D eigenvalue weighted by Crippen LogP contribution is 2.10. The van der Waals surface area contributed by atoms with Crippen LogP contribution in [0.2, 0.25) is 0 Å². The van der Waals surface area contributed by atoms with Gasteiger partial charge in [0, 0.05) is 23.4 Å². The first-order valence-electron chi connectivity index (χ1n) is 7.47. The van der Waals surface area contributed by atoms with Gasteiger partial charge in [-0.2, -0.15) is 0 Å². The molecule has 0 aromatic heterocycles. The van der Waals surface area contributed by atoms with Crippen molar-refractivity contribution in [2.45, 2.75) is 6.92 Å². The number of benzene rings is 2. The Morgan fingerprint density at radius 1 is 1.04 bits per heavy atom. The van der Waals surface area contributed by atoms with Gasteiger partial charge in [-0.05, 0) is 43.3 Å². The summed E-state index contributed by atoms with van der Waals surface area (Å²) >= 11 is 0. The van der Waals surface area contributed by atoms with Crippen LogP contribution in [0, 0.1) is 11.8 Å². The summed E-state index contributed by atoms with van der Waals surface area (Å²) in [7, 11) is 1.34. The molecule has 0 heterocycles. The molecule has 0 spiro atoms. The van der Waals surface area contributed by atoms with Gasteiger partial charge in [0.05, 0.1) is 12.7 Å². The number of rotatable bonds is 3. The van der Waals surface area contributed by atoms with E-state index in [2.05, 4.69) is 22.5 Å². The van der Waals surface area contributed by atoms with Crippen molar-refractivity contribution in [2.24, 2.45) is 0 Å². The number of carbonyl (C=O) groups is 2. The van der Waals surface area contributed by atoms with Gasteiger partial charge in [-0.25, -0.2) is 9.59 Å². The number of amides is 2. The van der Waals surface area contributed by atoms with E-state index >= 15 is 0 Å². The van der Waals surface area contributed by atoms with Crippen molar-refractivity contribution in [3.63, 3.8) is 0 Å². The third-order valence-electron chi connectivity index (χ3n) is 3.09. The second-order valence-corrected chi connectivity index (χ2v) is 4.89. The Labute approximate surface area is 141 Å². The van der Waals surface area contributed by atoms with Gasteiger partial charge in [0.2, 0.25) is 0 Å². The van der Waals surface area contributed by atoms with E-state index in [1.54, 1.807) is 30.3 Å². The standard InChI is InChI=1S/C19H18N2O3/c1-3-20-19(23)21-17-9-5-7-15(13-17)11-10-14-6-4-8-16(12-14)18(22)24-2/h4-9,12-13H,3H2,1-2H3,(H2,20,21,23). The fourth-order valence-corrected chi connectivity index (χ4v) is 2.00. The average molecular weight is 322 g/mol. The van der Waals surface area contributed by atoms with Crippen molar-refractivity contribution in [1.29, 1.82) is 0 Å². The molecule has 2 aromatic rings. The topological polar surface area (TPSA) is 67.4 Å². The fourth-order valence-electron chi connectivity index (χ4n) is 2.00. The molecule has 2 aromatic carbocycles. The molecule has 0 atom stereocenters. The Morgan fingerprint density at radius 3 is 2.38 bits per heavy atom. The molecule has 24 heavy (non-hydrogen) atoms. The molecule has 0 fully saturated rings. The van der Waals surface area contributed by atoms with Crippen molar-refractivity contribution in [3.8, 4) is 11.8 Å². The third-order valence-corrected chi connectivity index (χ3v) is 3.09. The molecule has 5 nitrogen and oxygen atoms in total. The molecular formula is C19H18N2O3. The summed E-state index contributed by atoms with van der Waals surface area (Å²) in [6.45, 7) is 2.41. The summed E-state index contributed by atoms with van der Waals surface area (Å²) in [5, 5.41) is 5.40. The first-order chi connectivity index (χ1) is 11.6.